The molecule has 19 heavy (non-hydrogen) atoms. The maximum atomic E-state index is 4.37. The summed E-state index contributed by atoms with van der Waals surface area (Å²) in [6.07, 6.45) is 12.5. The summed E-state index contributed by atoms with van der Waals surface area (Å²) in [6.45, 7) is 2.06. The van der Waals surface area contributed by atoms with Gasteiger partial charge in [0.15, 0.2) is 0 Å². The molecule has 0 bridgehead atoms. The van der Waals surface area contributed by atoms with E-state index in [9.17, 15) is 0 Å². The van der Waals surface area contributed by atoms with Gasteiger partial charge < -0.3 is 14.5 Å². The molecule has 0 aromatic carbocycles. The highest BCUT2D eigenvalue weighted by Gasteiger charge is 2.18. The molecule has 0 radical (unpaired) electrons. The second-order valence-corrected chi connectivity index (χ2v) is 5.22. The third kappa shape index (κ3) is 2.71. The third-order valence-corrected chi connectivity index (χ3v) is 3.91. The lowest BCUT2D eigenvalue weighted by atomic mass is 10.0. The highest BCUT2D eigenvalue weighted by atomic mass is 15.1. The van der Waals surface area contributed by atoms with Gasteiger partial charge in [-0.05, 0) is 19.4 Å². The number of aromatic nitrogens is 4. The number of imidazole rings is 2. The van der Waals surface area contributed by atoms with E-state index >= 15 is 0 Å². The molecular weight excluding hydrogens is 238 g/mol. The van der Waals surface area contributed by atoms with Crippen molar-refractivity contribution in [3.63, 3.8) is 0 Å². The standard InChI is InChI=1S/C14H21N5/c1-18-9-7-17-14(18)5-8-19-11-15-10-13(19)12-4-2-3-6-16-12/h7,9-12,16H,2-6,8H2,1H3. The van der Waals surface area contributed by atoms with E-state index in [0.717, 1.165) is 25.3 Å². The molecule has 1 fully saturated rings. The lowest BCUT2D eigenvalue weighted by Crippen LogP contribution is -2.28. The van der Waals surface area contributed by atoms with Crippen molar-refractivity contribution in [1.29, 1.82) is 0 Å². The van der Waals surface area contributed by atoms with Gasteiger partial charge in [-0.15, -0.1) is 0 Å². The Bertz CT molecular complexity index is 521. The fourth-order valence-electron chi connectivity index (χ4n) is 2.77. The minimum absolute atomic E-state index is 0.470. The molecule has 1 saturated heterocycles. The number of nitrogens with one attached hydrogen (secondary N) is 1. The fourth-order valence-corrected chi connectivity index (χ4v) is 2.77. The van der Waals surface area contributed by atoms with Crippen molar-refractivity contribution in [2.24, 2.45) is 7.05 Å². The minimum Gasteiger partial charge on any atom is -0.338 e. The van der Waals surface area contributed by atoms with Gasteiger partial charge >= 0.3 is 0 Å². The van der Waals surface area contributed by atoms with E-state index in [1.54, 1.807) is 0 Å². The van der Waals surface area contributed by atoms with E-state index in [4.69, 9.17) is 0 Å². The molecule has 2 aromatic heterocycles. The summed E-state index contributed by atoms with van der Waals surface area (Å²) >= 11 is 0. The van der Waals surface area contributed by atoms with Crippen LogP contribution in [-0.2, 0) is 20.0 Å². The predicted molar refractivity (Wildman–Crippen MR) is 73.7 cm³/mol. The zero-order valence-electron chi connectivity index (χ0n) is 11.4. The summed E-state index contributed by atoms with van der Waals surface area (Å²) in [7, 11) is 2.04. The van der Waals surface area contributed by atoms with Crippen LogP contribution in [0.5, 0.6) is 0 Å². The molecule has 0 aliphatic carbocycles. The molecule has 5 heteroatoms. The van der Waals surface area contributed by atoms with E-state index in [2.05, 4.69) is 24.4 Å². The Balaban J connectivity index is 1.68. The van der Waals surface area contributed by atoms with Gasteiger partial charge in [0, 0.05) is 44.6 Å². The first-order valence-electron chi connectivity index (χ1n) is 7.04. The molecule has 102 valence electrons. The lowest BCUT2D eigenvalue weighted by molar-refractivity contribution is 0.392. The zero-order valence-corrected chi connectivity index (χ0v) is 11.4. The van der Waals surface area contributed by atoms with Crippen molar-refractivity contribution in [2.45, 2.75) is 38.3 Å². The summed E-state index contributed by atoms with van der Waals surface area (Å²) in [4.78, 5) is 8.69. The molecule has 3 rings (SSSR count). The Kier molecular flexibility index (Phi) is 3.64. The Morgan fingerprint density at radius 1 is 1.42 bits per heavy atom. The first-order valence-corrected chi connectivity index (χ1v) is 7.04. The molecule has 1 aliphatic heterocycles. The molecule has 1 atom stereocenters. The molecule has 5 nitrogen and oxygen atoms in total. The van der Waals surface area contributed by atoms with Crippen LogP contribution in [0.4, 0.5) is 0 Å². The van der Waals surface area contributed by atoms with Crippen LogP contribution in [0.25, 0.3) is 0 Å². The van der Waals surface area contributed by atoms with Crippen molar-refractivity contribution >= 4 is 0 Å². The molecule has 2 aromatic rings. The van der Waals surface area contributed by atoms with Crippen LogP contribution in [0.1, 0.15) is 36.8 Å². The Labute approximate surface area is 113 Å². The van der Waals surface area contributed by atoms with Gasteiger partial charge in [0.05, 0.1) is 12.0 Å². The smallest absolute Gasteiger partial charge is 0.110 e. The lowest BCUT2D eigenvalue weighted by Gasteiger charge is -2.24. The van der Waals surface area contributed by atoms with Crippen LogP contribution in [0, 0.1) is 0 Å². The fraction of sp³-hybridized carbons (Fsp3) is 0.571. The van der Waals surface area contributed by atoms with Gasteiger partial charge in [-0.2, -0.15) is 0 Å². The predicted octanol–water partition coefficient (Wildman–Crippen LogP) is 1.67. The van der Waals surface area contributed by atoms with Crippen LogP contribution >= 0.6 is 0 Å². The van der Waals surface area contributed by atoms with E-state index in [0.29, 0.717) is 6.04 Å². The number of hydrogen-bond acceptors (Lipinski definition) is 3. The molecule has 3 heterocycles. The largest absolute Gasteiger partial charge is 0.338 e. The highest BCUT2D eigenvalue weighted by molar-refractivity contribution is 5.07. The van der Waals surface area contributed by atoms with E-state index in [1.807, 2.05) is 32.0 Å². The normalized spacial score (nSPS) is 19.7. The van der Waals surface area contributed by atoms with Crippen molar-refractivity contribution in [3.8, 4) is 0 Å². The maximum Gasteiger partial charge on any atom is 0.110 e. The summed E-state index contributed by atoms with van der Waals surface area (Å²) in [5.74, 6) is 1.12. The van der Waals surface area contributed by atoms with Gasteiger partial charge in [0.1, 0.15) is 5.82 Å². The van der Waals surface area contributed by atoms with Gasteiger partial charge in [-0.1, -0.05) is 6.42 Å². The Morgan fingerprint density at radius 3 is 3.11 bits per heavy atom. The van der Waals surface area contributed by atoms with Crippen LogP contribution < -0.4 is 5.32 Å². The van der Waals surface area contributed by atoms with E-state index in [-0.39, 0.29) is 0 Å². The number of aryl methyl sites for hydroxylation is 3. The minimum atomic E-state index is 0.470. The average molecular weight is 259 g/mol. The molecule has 0 amide bonds. The first kappa shape index (κ1) is 12.4. The van der Waals surface area contributed by atoms with Crippen molar-refractivity contribution < 1.29 is 0 Å². The molecule has 1 unspecified atom stereocenters. The summed E-state index contributed by atoms with van der Waals surface area (Å²) in [5.41, 5.74) is 1.31. The number of hydrogen-bond donors (Lipinski definition) is 1. The second-order valence-electron chi connectivity index (χ2n) is 5.22. The third-order valence-electron chi connectivity index (χ3n) is 3.91. The Hall–Kier alpha value is -1.62. The van der Waals surface area contributed by atoms with E-state index < -0.39 is 0 Å². The number of nitrogens with zero attached hydrogens (tertiary/aromatic N) is 4. The van der Waals surface area contributed by atoms with Crippen LogP contribution in [0.3, 0.4) is 0 Å². The highest BCUT2D eigenvalue weighted by Crippen LogP contribution is 2.22. The SMILES string of the molecule is Cn1ccnc1CCn1cncc1C1CCCCN1. The topological polar surface area (TPSA) is 47.7 Å². The van der Waals surface area contributed by atoms with Crippen LogP contribution in [-0.4, -0.2) is 25.6 Å². The van der Waals surface area contributed by atoms with Gasteiger partial charge in [0.25, 0.3) is 0 Å². The Morgan fingerprint density at radius 2 is 2.37 bits per heavy atom. The molecule has 1 aliphatic rings. The molecule has 0 spiro atoms. The van der Waals surface area contributed by atoms with Gasteiger partial charge in [0.2, 0.25) is 0 Å². The average Bonchev–Trinajstić information content (AvgIpc) is 3.06. The monoisotopic (exact) mass is 259 g/mol. The summed E-state index contributed by atoms with van der Waals surface area (Å²) in [6, 6.07) is 0.470. The number of rotatable bonds is 4. The number of piperidine rings is 1. The summed E-state index contributed by atoms with van der Waals surface area (Å²) in [5, 5.41) is 3.58. The van der Waals surface area contributed by atoms with Gasteiger partial charge in [-0.25, -0.2) is 9.97 Å². The summed E-state index contributed by atoms with van der Waals surface area (Å²) < 4.78 is 4.34. The van der Waals surface area contributed by atoms with Crippen molar-refractivity contribution in [1.82, 2.24) is 24.4 Å². The second kappa shape index (κ2) is 5.57. The van der Waals surface area contributed by atoms with Crippen molar-refractivity contribution in [3.05, 3.63) is 36.4 Å². The molecular formula is C14H21N5. The van der Waals surface area contributed by atoms with Crippen molar-refractivity contribution in [2.75, 3.05) is 6.54 Å². The van der Waals surface area contributed by atoms with E-state index in [1.165, 1.54) is 25.0 Å². The quantitative estimate of drug-likeness (QED) is 0.908. The van der Waals surface area contributed by atoms with Crippen LogP contribution in [0.15, 0.2) is 24.9 Å². The first-order chi connectivity index (χ1) is 9.34. The van der Waals surface area contributed by atoms with Gasteiger partial charge in [-0.3, -0.25) is 0 Å². The van der Waals surface area contributed by atoms with Crippen LogP contribution in [0.2, 0.25) is 0 Å². The molecule has 0 saturated carbocycles. The molecule has 1 N–H and O–H groups in total. The zero-order chi connectivity index (χ0) is 13.1. The maximum absolute atomic E-state index is 4.37.